The van der Waals surface area contributed by atoms with Crippen molar-refractivity contribution in [2.45, 2.75) is 6.54 Å². The van der Waals surface area contributed by atoms with Gasteiger partial charge < -0.3 is 15.8 Å². The smallest absolute Gasteiger partial charge is 0.247 e. The number of carbonyl (C=O) groups is 1. The standard InChI is InChI=1S/C14H16N8O2/c1-21-11(3-4-16-21)19-12(23)8-22-7-9(6-17-22)10-5-13(24-2)20-14(15)18-10/h3-7H,8H2,1-2H3,(H,19,23)(H2,15,18,20). The number of carbonyl (C=O) groups excluding carboxylic acids is 1. The number of nitrogens with zero attached hydrogens (tertiary/aromatic N) is 6. The van der Waals surface area contributed by atoms with Crippen LogP contribution < -0.4 is 15.8 Å². The number of nitrogens with two attached hydrogens (primary N) is 1. The summed E-state index contributed by atoms with van der Waals surface area (Å²) in [6.45, 7) is 0.0584. The lowest BCUT2D eigenvalue weighted by Crippen LogP contribution is -2.20. The molecule has 0 saturated carbocycles. The van der Waals surface area contributed by atoms with Gasteiger partial charge in [0.15, 0.2) is 0 Å². The summed E-state index contributed by atoms with van der Waals surface area (Å²) >= 11 is 0. The average Bonchev–Trinajstić information content (AvgIpc) is 3.16. The molecule has 3 aromatic rings. The first-order valence-corrected chi connectivity index (χ1v) is 7.04. The van der Waals surface area contributed by atoms with E-state index in [1.807, 2.05) is 0 Å². The third-order valence-corrected chi connectivity index (χ3v) is 3.25. The Labute approximate surface area is 137 Å². The van der Waals surface area contributed by atoms with Gasteiger partial charge in [-0.2, -0.15) is 15.2 Å². The zero-order valence-electron chi connectivity index (χ0n) is 13.2. The van der Waals surface area contributed by atoms with Crippen LogP contribution in [0.1, 0.15) is 0 Å². The van der Waals surface area contributed by atoms with Crippen molar-refractivity contribution in [3.8, 4) is 17.1 Å². The number of rotatable bonds is 5. The number of amides is 1. The minimum absolute atomic E-state index is 0.0584. The Hall–Kier alpha value is -3.43. The van der Waals surface area contributed by atoms with E-state index in [1.165, 1.54) is 11.8 Å². The van der Waals surface area contributed by atoms with Gasteiger partial charge in [0.25, 0.3) is 0 Å². The van der Waals surface area contributed by atoms with Crippen LogP contribution >= 0.6 is 0 Å². The lowest BCUT2D eigenvalue weighted by atomic mass is 10.2. The lowest BCUT2D eigenvalue weighted by Gasteiger charge is -2.05. The normalized spacial score (nSPS) is 10.6. The Balaban J connectivity index is 1.72. The number of nitrogen functional groups attached to an aromatic ring is 1. The molecule has 0 fully saturated rings. The molecule has 0 aliphatic heterocycles. The van der Waals surface area contributed by atoms with Gasteiger partial charge in [0.1, 0.15) is 12.4 Å². The molecule has 3 heterocycles. The maximum absolute atomic E-state index is 12.1. The Morgan fingerprint density at radius 1 is 1.38 bits per heavy atom. The molecule has 0 atom stereocenters. The van der Waals surface area contributed by atoms with Crippen molar-refractivity contribution in [2.24, 2.45) is 7.05 Å². The van der Waals surface area contributed by atoms with Gasteiger partial charge >= 0.3 is 0 Å². The second-order valence-corrected chi connectivity index (χ2v) is 4.97. The Kier molecular flexibility index (Phi) is 4.10. The van der Waals surface area contributed by atoms with Gasteiger partial charge in [-0.15, -0.1) is 0 Å². The van der Waals surface area contributed by atoms with Crippen molar-refractivity contribution in [1.82, 2.24) is 29.5 Å². The van der Waals surface area contributed by atoms with Crippen LogP contribution in [-0.2, 0) is 18.4 Å². The third kappa shape index (κ3) is 3.32. The monoisotopic (exact) mass is 328 g/mol. The van der Waals surface area contributed by atoms with E-state index in [4.69, 9.17) is 10.5 Å². The highest BCUT2D eigenvalue weighted by Gasteiger charge is 2.10. The zero-order chi connectivity index (χ0) is 17.1. The first kappa shape index (κ1) is 15.5. The number of hydrogen-bond donors (Lipinski definition) is 2. The van der Waals surface area contributed by atoms with E-state index in [1.54, 1.807) is 42.5 Å². The van der Waals surface area contributed by atoms with Gasteiger partial charge in [-0.3, -0.25) is 14.2 Å². The summed E-state index contributed by atoms with van der Waals surface area (Å²) in [6.07, 6.45) is 4.90. The number of ether oxygens (including phenoxy) is 1. The van der Waals surface area contributed by atoms with Crippen LogP contribution in [0.15, 0.2) is 30.7 Å². The molecule has 10 heteroatoms. The van der Waals surface area contributed by atoms with Crippen LogP contribution in [0.2, 0.25) is 0 Å². The zero-order valence-corrected chi connectivity index (χ0v) is 13.2. The second kappa shape index (κ2) is 6.36. The van der Waals surface area contributed by atoms with Crippen molar-refractivity contribution in [2.75, 3.05) is 18.2 Å². The molecule has 24 heavy (non-hydrogen) atoms. The minimum atomic E-state index is -0.215. The number of methoxy groups -OCH3 is 1. The fourth-order valence-corrected chi connectivity index (χ4v) is 2.10. The molecule has 10 nitrogen and oxygen atoms in total. The van der Waals surface area contributed by atoms with Gasteiger partial charge in [-0.05, 0) is 0 Å². The van der Waals surface area contributed by atoms with Crippen molar-refractivity contribution in [3.63, 3.8) is 0 Å². The van der Waals surface area contributed by atoms with Crippen molar-refractivity contribution in [3.05, 3.63) is 30.7 Å². The summed E-state index contributed by atoms with van der Waals surface area (Å²) in [5.41, 5.74) is 6.92. The topological polar surface area (TPSA) is 126 Å². The Bertz CT molecular complexity index is 869. The summed E-state index contributed by atoms with van der Waals surface area (Å²) in [5.74, 6) is 0.860. The quantitative estimate of drug-likeness (QED) is 0.690. The molecule has 0 spiro atoms. The summed E-state index contributed by atoms with van der Waals surface area (Å²) in [7, 11) is 3.24. The van der Waals surface area contributed by atoms with E-state index in [0.29, 0.717) is 23.0 Å². The molecule has 3 aromatic heterocycles. The SMILES string of the molecule is COc1cc(-c2cnn(CC(=O)Nc3ccnn3C)c2)nc(N)n1. The Morgan fingerprint density at radius 3 is 2.92 bits per heavy atom. The molecule has 3 rings (SSSR count). The van der Waals surface area contributed by atoms with Gasteiger partial charge in [-0.1, -0.05) is 0 Å². The molecule has 0 saturated heterocycles. The lowest BCUT2D eigenvalue weighted by molar-refractivity contribution is -0.116. The van der Waals surface area contributed by atoms with E-state index in [0.717, 1.165) is 0 Å². The van der Waals surface area contributed by atoms with Crippen molar-refractivity contribution >= 4 is 17.7 Å². The van der Waals surface area contributed by atoms with E-state index >= 15 is 0 Å². The van der Waals surface area contributed by atoms with Crippen LogP contribution in [0.3, 0.4) is 0 Å². The number of nitrogens with one attached hydrogen (secondary N) is 1. The van der Waals surface area contributed by atoms with Gasteiger partial charge in [-0.25, -0.2) is 4.98 Å². The van der Waals surface area contributed by atoms with Gasteiger partial charge in [0.2, 0.25) is 17.7 Å². The molecular weight excluding hydrogens is 312 g/mol. The maximum Gasteiger partial charge on any atom is 0.247 e. The summed E-state index contributed by atoms with van der Waals surface area (Å²) < 4.78 is 8.15. The predicted molar refractivity (Wildman–Crippen MR) is 86.1 cm³/mol. The average molecular weight is 328 g/mol. The fraction of sp³-hybridized carbons (Fsp3) is 0.214. The third-order valence-electron chi connectivity index (χ3n) is 3.25. The van der Waals surface area contributed by atoms with E-state index < -0.39 is 0 Å². The summed E-state index contributed by atoms with van der Waals surface area (Å²) in [4.78, 5) is 20.1. The molecule has 3 N–H and O–H groups in total. The molecule has 0 unspecified atom stereocenters. The summed E-state index contributed by atoms with van der Waals surface area (Å²) in [5, 5.41) is 10.9. The largest absolute Gasteiger partial charge is 0.481 e. The number of aromatic nitrogens is 6. The van der Waals surface area contributed by atoms with Crippen LogP contribution in [0.25, 0.3) is 11.3 Å². The Morgan fingerprint density at radius 2 is 2.21 bits per heavy atom. The molecule has 0 aromatic carbocycles. The number of anilines is 2. The van der Waals surface area contributed by atoms with Crippen molar-refractivity contribution in [1.29, 1.82) is 0 Å². The number of aryl methyl sites for hydroxylation is 1. The summed E-state index contributed by atoms with van der Waals surface area (Å²) in [6, 6.07) is 3.36. The molecule has 0 radical (unpaired) electrons. The van der Waals surface area contributed by atoms with E-state index in [9.17, 15) is 4.79 Å². The van der Waals surface area contributed by atoms with Crippen LogP contribution in [0.5, 0.6) is 5.88 Å². The highest BCUT2D eigenvalue weighted by atomic mass is 16.5. The highest BCUT2D eigenvalue weighted by Crippen LogP contribution is 2.21. The molecule has 0 aliphatic rings. The van der Waals surface area contributed by atoms with Gasteiger partial charge in [0, 0.05) is 30.9 Å². The molecule has 1 amide bonds. The minimum Gasteiger partial charge on any atom is -0.481 e. The van der Waals surface area contributed by atoms with Crippen LogP contribution in [0, 0.1) is 0 Å². The van der Waals surface area contributed by atoms with E-state index in [-0.39, 0.29) is 18.4 Å². The number of hydrogen-bond acceptors (Lipinski definition) is 7. The van der Waals surface area contributed by atoms with Crippen LogP contribution in [-0.4, -0.2) is 42.5 Å². The van der Waals surface area contributed by atoms with E-state index in [2.05, 4.69) is 25.5 Å². The fourth-order valence-electron chi connectivity index (χ4n) is 2.10. The van der Waals surface area contributed by atoms with Crippen LogP contribution in [0.4, 0.5) is 11.8 Å². The first-order valence-electron chi connectivity index (χ1n) is 7.04. The molecule has 124 valence electrons. The highest BCUT2D eigenvalue weighted by molar-refractivity contribution is 5.89. The molecular formula is C14H16N8O2. The first-order chi connectivity index (χ1) is 11.5. The molecule has 0 aliphatic carbocycles. The molecule has 0 bridgehead atoms. The van der Waals surface area contributed by atoms with Crippen molar-refractivity contribution < 1.29 is 9.53 Å². The van der Waals surface area contributed by atoms with Gasteiger partial charge in [0.05, 0.1) is 25.2 Å². The second-order valence-electron chi connectivity index (χ2n) is 4.97. The maximum atomic E-state index is 12.1. The predicted octanol–water partition coefficient (Wildman–Crippen LogP) is 0.303.